The zero-order valence-corrected chi connectivity index (χ0v) is 8.01. The molecule has 0 amide bonds. The lowest BCUT2D eigenvalue weighted by Gasteiger charge is -2.04. The second-order valence-electron chi connectivity index (χ2n) is 2.75. The van der Waals surface area contributed by atoms with Gasteiger partial charge in [-0.2, -0.15) is 0 Å². The van der Waals surface area contributed by atoms with E-state index in [4.69, 9.17) is 22.4 Å². The molecule has 0 aromatic heterocycles. The Hall–Kier alpha value is -1.13. The number of halogens is 2. The number of ketones is 1. The average molecular weight is 218 g/mol. The maximum atomic E-state index is 13.2. The quantitative estimate of drug-likeness (QED) is 0.758. The predicted molar refractivity (Wildman–Crippen MR) is 51.1 cm³/mol. The number of rotatable bonds is 3. The maximum Gasteiger partial charge on any atom is 0.168 e. The molecule has 76 valence electrons. The first kappa shape index (κ1) is 10.9. The highest BCUT2D eigenvalue weighted by atomic mass is 35.5. The molecule has 0 aliphatic heterocycles. The lowest BCUT2D eigenvalue weighted by Crippen LogP contribution is -2.10. The van der Waals surface area contributed by atoms with Crippen LogP contribution in [0.1, 0.15) is 16.8 Å². The van der Waals surface area contributed by atoms with E-state index in [0.717, 1.165) is 12.1 Å². The van der Waals surface area contributed by atoms with Gasteiger partial charge in [0.1, 0.15) is 11.6 Å². The molecular formula is C9H9ClFNO2. The van der Waals surface area contributed by atoms with Crippen LogP contribution in [0.3, 0.4) is 0 Å². The number of Topliss-reactive ketones (excluding diaryl/α,β-unsaturated/α-hetero) is 1. The van der Waals surface area contributed by atoms with E-state index in [0.29, 0.717) is 0 Å². The Morgan fingerprint density at radius 2 is 2.21 bits per heavy atom. The fraction of sp³-hybridized carbons (Fsp3) is 0.222. The van der Waals surface area contributed by atoms with Crippen molar-refractivity contribution >= 4 is 17.4 Å². The molecule has 3 N–H and O–H groups in total. The average Bonchev–Trinajstić information content (AvgIpc) is 2.01. The summed E-state index contributed by atoms with van der Waals surface area (Å²) in [6.07, 6.45) is 0.0292. The summed E-state index contributed by atoms with van der Waals surface area (Å²) in [5.74, 6) is -1.60. The Bertz CT molecular complexity index is 345. The summed E-state index contributed by atoms with van der Waals surface area (Å²) in [6, 6.07) is 1.96. The molecular weight excluding hydrogens is 209 g/mol. The second-order valence-corrected chi connectivity index (χ2v) is 3.15. The van der Waals surface area contributed by atoms with E-state index >= 15 is 0 Å². The number of benzene rings is 1. The van der Waals surface area contributed by atoms with Crippen molar-refractivity contribution in [3.05, 3.63) is 28.5 Å². The van der Waals surface area contributed by atoms with E-state index in [1.165, 1.54) is 0 Å². The van der Waals surface area contributed by atoms with Crippen molar-refractivity contribution in [2.45, 2.75) is 6.42 Å². The van der Waals surface area contributed by atoms with E-state index < -0.39 is 11.6 Å². The second kappa shape index (κ2) is 4.39. The Balaban J connectivity index is 3.14. The fourth-order valence-corrected chi connectivity index (χ4v) is 1.39. The molecule has 0 radical (unpaired) electrons. The minimum absolute atomic E-state index is 0.0292. The van der Waals surface area contributed by atoms with Crippen LogP contribution in [0, 0.1) is 5.82 Å². The summed E-state index contributed by atoms with van der Waals surface area (Å²) in [6.45, 7) is 0.134. The summed E-state index contributed by atoms with van der Waals surface area (Å²) in [4.78, 5) is 11.3. The van der Waals surface area contributed by atoms with Crippen LogP contribution in [0.5, 0.6) is 5.75 Å². The number of hydrogen-bond acceptors (Lipinski definition) is 3. The molecule has 0 bridgehead atoms. The summed E-state index contributed by atoms with van der Waals surface area (Å²) in [5.41, 5.74) is 4.95. The number of nitrogens with two attached hydrogens (primary N) is 1. The molecule has 0 fully saturated rings. The van der Waals surface area contributed by atoms with Gasteiger partial charge < -0.3 is 10.8 Å². The number of carbonyl (C=O) groups excluding carboxylic acids is 1. The SMILES string of the molecule is NCCC(=O)c1c(F)cc(O)cc1Cl. The van der Waals surface area contributed by atoms with Crippen LogP contribution < -0.4 is 5.73 Å². The van der Waals surface area contributed by atoms with Crippen LogP contribution in [-0.2, 0) is 0 Å². The molecule has 0 unspecified atom stereocenters. The van der Waals surface area contributed by atoms with Gasteiger partial charge in [-0.25, -0.2) is 4.39 Å². The first-order valence-corrected chi connectivity index (χ1v) is 4.35. The van der Waals surface area contributed by atoms with Crippen molar-refractivity contribution in [1.82, 2.24) is 0 Å². The third kappa shape index (κ3) is 2.21. The number of phenolic OH excluding ortho intramolecular Hbond substituents is 1. The normalized spacial score (nSPS) is 10.2. The molecule has 0 saturated carbocycles. The van der Waals surface area contributed by atoms with Crippen LogP contribution in [0.2, 0.25) is 5.02 Å². The lowest BCUT2D eigenvalue weighted by atomic mass is 10.1. The van der Waals surface area contributed by atoms with Gasteiger partial charge in [-0.15, -0.1) is 0 Å². The van der Waals surface area contributed by atoms with E-state index in [-0.39, 0.29) is 29.3 Å². The molecule has 0 heterocycles. The Kier molecular flexibility index (Phi) is 3.43. The highest BCUT2D eigenvalue weighted by molar-refractivity contribution is 6.34. The Labute approximate surface area is 85.3 Å². The first-order chi connectivity index (χ1) is 6.56. The molecule has 0 atom stereocenters. The monoisotopic (exact) mass is 217 g/mol. The third-order valence-electron chi connectivity index (χ3n) is 1.68. The van der Waals surface area contributed by atoms with Gasteiger partial charge in [0.05, 0.1) is 10.6 Å². The van der Waals surface area contributed by atoms with Crippen LogP contribution in [0.25, 0.3) is 0 Å². The van der Waals surface area contributed by atoms with Crippen LogP contribution in [0.4, 0.5) is 4.39 Å². The topological polar surface area (TPSA) is 63.3 Å². The van der Waals surface area contributed by atoms with Gasteiger partial charge in [-0.3, -0.25) is 4.79 Å². The van der Waals surface area contributed by atoms with Crippen molar-refractivity contribution in [3.63, 3.8) is 0 Å². The molecule has 0 aliphatic rings. The molecule has 0 aliphatic carbocycles. The van der Waals surface area contributed by atoms with Gasteiger partial charge in [0.25, 0.3) is 0 Å². The number of phenols is 1. The summed E-state index contributed by atoms with van der Waals surface area (Å²) in [5, 5.41) is 8.87. The molecule has 1 rings (SSSR count). The lowest BCUT2D eigenvalue weighted by molar-refractivity contribution is 0.0981. The van der Waals surface area contributed by atoms with E-state index in [9.17, 15) is 9.18 Å². The minimum atomic E-state index is -0.826. The summed E-state index contributed by atoms with van der Waals surface area (Å²) >= 11 is 5.60. The van der Waals surface area contributed by atoms with Crippen LogP contribution in [-0.4, -0.2) is 17.4 Å². The van der Waals surface area contributed by atoms with Gasteiger partial charge >= 0.3 is 0 Å². The first-order valence-electron chi connectivity index (χ1n) is 3.97. The standard InChI is InChI=1S/C9H9ClFNO2/c10-6-3-5(13)4-7(11)9(6)8(14)1-2-12/h3-4,13H,1-2,12H2. The molecule has 1 aromatic carbocycles. The predicted octanol–water partition coefficient (Wildman–Crippen LogP) is 1.72. The van der Waals surface area contributed by atoms with E-state index in [1.54, 1.807) is 0 Å². The van der Waals surface area contributed by atoms with Gasteiger partial charge in [0.15, 0.2) is 5.78 Å². The molecule has 0 spiro atoms. The summed E-state index contributed by atoms with van der Waals surface area (Å²) in [7, 11) is 0. The van der Waals surface area contributed by atoms with Crippen molar-refractivity contribution in [2.24, 2.45) is 5.73 Å². The zero-order valence-electron chi connectivity index (χ0n) is 7.26. The van der Waals surface area contributed by atoms with Gasteiger partial charge in [-0.1, -0.05) is 11.6 Å². The fourth-order valence-electron chi connectivity index (χ4n) is 1.08. The third-order valence-corrected chi connectivity index (χ3v) is 1.98. The van der Waals surface area contributed by atoms with Gasteiger partial charge in [-0.05, 0) is 12.6 Å². The number of carbonyl (C=O) groups is 1. The highest BCUT2D eigenvalue weighted by Gasteiger charge is 2.16. The smallest absolute Gasteiger partial charge is 0.168 e. The largest absolute Gasteiger partial charge is 0.508 e. The molecule has 3 nitrogen and oxygen atoms in total. The maximum absolute atomic E-state index is 13.2. The molecule has 0 saturated heterocycles. The van der Waals surface area contributed by atoms with Gasteiger partial charge in [0.2, 0.25) is 0 Å². The summed E-state index contributed by atoms with van der Waals surface area (Å²) < 4.78 is 13.2. The molecule has 14 heavy (non-hydrogen) atoms. The molecule has 5 heteroatoms. The van der Waals surface area contributed by atoms with Crippen molar-refractivity contribution < 1.29 is 14.3 Å². The Morgan fingerprint density at radius 1 is 1.57 bits per heavy atom. The minimum Gasteiger partial charge on any atom is -0.508 e. The number of aromatic hydroxyl groups is 1. The van der Waals surface area contributed by atoms with Gasteiger partial charge in [0, 0.05) is 12.5 Å². The highest BCUT2D eigenvalue weighted by Crippen LogP contribution is 2.25. The molecule has 1 aromatic rings. The van der Waals surface area contributed by atoms with Crippen molar-refractivity contribution in [3.8, 4) is 5.75 Å². The number of hydrogen-bond donors (Lipinski definition) is 2. The van der Waals surface area contributed by atoms with Crippen LogP contribution >= 0.6 is 11.6 Å². The van der Waals surface area contributed by atoms with Crippen molar-refractivity contribution in [1.29, 1.82) is 0 Å². The van der Waals surface area contributed by atoms with E-state index in [2.05, 4.69) is 0 Å². The Morgan fingerprint density at radius 3 is 2.71 bits per heavy atom. The van der Waals surface area contributed by atoms with E-state index in [1.807, 2.05) is 0 Å². The van der Waals surface area contributed by atoms with Crippen LogP contribution in [0.15, 0.2) is 12.1 Å². The zero-order chi connectivity index (χ0) is 10.7. The van der Waals surface area contributed by atoms with Crippen molar-refractivity contribution in [2.75, 3.05) is 6.54 Å².